The zero-order valence-electron chi connectivity index (χ0n) is 7.99. The number of pyridine rings is 1. The molecule has 0 spiro atoms. The number of rotatable bonds is 2. The molecule has 1 rings (SSSR count). The van der Waals surface area contributed by atoms with Gasteiger partial charge in [0.1, 0.15) is 0 Å². The Morgan fingerprint density at radius 1 is 1.46 bits per heavy atom. The Balaban J connectivity index is 2.94. The van der Waals surface area contributed by atoms with Gasteiger partial charge in [0.2, 0.25) is 0 Å². The number of hydrogen-bond acceptors (Lipinski definition) is 2. The lowest BCUT2D eigenvalue weighted by Crippen LogP contribution is -1.99. The molecule has 0 aliphatic heterocycles. The van der Waals surface area contributed by atoms with Crippen molar-refractivity contribution < 1.29 is 0 Å². The molecule has 68 valence electrons. The topological polar surface area (TPSA) is 38.9 Å². The van der Waals surface area contributed by atoms with Crippen molar-refractivity contribution in [2.75, 3.05) is 0 Å². The van der Waals surface area contributed by atoms with Gasteiger partial charge in [-0.1, -0.05) is 18.2 Å². The SMILES string of the molecule is C/C=C\C=C(/N)c1cccc(C)n1. The van der Waals surface area contributed by atoms with Crippen molar-refractivity contribution in [2.24, 2.45) is 5.73 Å². The highest BCUT2D eigenvalue weighted by molar-refractivity contribution is 5.60. The normalized spacial score (nSPS) is 12.3. The lowest BCUT2D eigenvalue weighted by molar-refractivity contribution is 1.16. The Morgan fingerprint density at radius 3 is 2.85 bits per heavy atom. The van der Waals surface area contributed by atoms with Crippen molar-refractivity contribution in [3.8, 4) is 0 Å². The highest BCUT2D eigenvalue weighted by Crippen LogP contribution is 2.06. The molecule has 13 heavy (non-hydrogen) atoms. The molecule has 2 nitrogen and oxygen atoms in total. The number of allylic oxidation sites excluding steroid dienone is 3. The second-order valence-electron chi connectivity index (χ2n) is 2.81. The van der Waals surface area contributed by atoms with Crippen molar-refractivity contribution in [3.05, 3.63) is 47.8 Å². The average Bonchev–Trinajstić information content (AvgIpc) is 2.14. The van der Waals surface area contributed by atoms with Crippen LogP contribution in [0.5, 0.6) is 0 Å². The van der Waals surface area contributed by atoms with Crippen LogP contribution in [0.1, 0.15) is 18.3 Å². The molecule has 1 aromatic heterocycles. The van der Waals surface area contributed by atoms with E-state index in [9.17, 15) is 0 Å². The first kappa shape index (κ1) is 9.52. The van der Waals surface area contributed by atoms with Crippen LogP contribution in [0, 0.1) is 6.92 Å². The predicted molar refractivity (Wildman–Crippen MR) is 56.0 cm³/mol. The molecule has 0 amide bonds. The van der Waals surface area contributed by atoms with Crippen molar-refractivity contribution in [3.63, 3.8) is 0 Å². The Labute approximate surface area is 78.8 Å². The largest absolute Gasteiger partial charge is 0.397 e. The van der Waals surface area contributed by atoms with Gasteiger partial charge in [-0.3, -0.25) is 4.98 Å². The van der Waals surface area contributed by atoms with E-state index in [4.69, 9.17) is 5.73 Å². The van der Waals surface area contributed by atoms with Gasteiger partial charge in [0, 0.05) is 5.69 Å². The summed E-state index contributed by atoms with van der Waals surface area (Å²) in [6.07, 6.45) is 5.68. The van der Waals surface area contributed by atoms with Crippen molar-refractivity contribution in [1.82, 2.24) is 4.98 Å². The molecule has 0 bridgehead atoms. The van der Waals surface area contributed by atoms with Gasteiger partial charge in [-0.25, -0.2) is 0 Å². The summed E-state index contributed by atoms with van der Waals surface area (Å²) < 4.78 is 0. The number of nitrogens with two attached hydrogens (primary N) is 1. The van der Waals surface area contributed by atoms with Crippen LogP contribution >= 0.6 is 0 Å². The van der Waals surface area contributed by atoms with E-state index in [1.165, 1.54) is 0 Å². The molecule has 1 heterocycles. The fourth-order valence-electron chi connectivity index (χ4n) is 0.989. The minimum Gasteiger partial charge on any atom is -0.397 e. The van der Waals surface area contributed by atoms with Crippen molar-refractivity contribution in [2.45, 2.75) is 13.8 Å². The van der Waals surface area contributed by atoms with Gasteiger partial charge in [0.25, 0.3) is 0 Å². The first-order valence-electron chi connectivity index (χ1n) is 4.26. The number of aryl methyl sites for hydroxylation is 1. The van der Waals surface area contributed by atoms with Crippen LogP contribution in [-0.4, -0.2) is 4.98 Å². The summed E-state index contributed by atoms with van der Waals surface area (Å²) in [5.41, 5.74) is 8.31. The Morgan fingerprint density at radius 2 is 2.23 bits per heavy atom. The zero-order chi connectivity index (χ0) is 9.68. The molecule has 0 radical (unpaired) electrons. The number of hydrogen-bond donors (Lipinski definition) is 1. The molecule has 0 aliphatic carbocycles. The highest BCUT2D eigenvalue weighted by atomic mass is 14.8. The standard InChI is InChI=1S/C11H14N2/c1-3-4-7-10(12)11-8-5-6-9(2)13-11/h3-8H,12H2,1-2H3/b4-3-,10-7-. The third-order valence-corrected chi connectivity index (χ3v) is 1.65. The molecule has 2 N–H and O–H groups in total. The van der Waals surface area contributed by atoms with Gasteiger partial charge in [0.05, 0.1) is 11.4 Å². The fraction of sp³-hybridized carbons (Fsp3) is 0.182. The maximum absolute atomic E-state index is 5.80. The average molecular weight is 174 g/mol. The molecule has 0 saturated carbocycles. The zero-order valence-corrected chi connectivity index (χ0v) is 7.99. The van der Waals surface area contributed by atoms with Gasteiger partial charge in [-0.15, -0.1) is 0 Å². The van der Waals surface area contributed by atoms with E-state index < -0.39 is 0 Å². The van der Waals surface area contributed by atoms with Crippen LogP contribution in [0.3, 0.4) is 0 Å². The predicted octanol–water partition coefficient (Wildman–Crippen LogP) is 2.27. The van der Waals surface area contributed by atoms with Crippen LogP contribution in [0.15, 0.2) is 36.4 Å². The third kappa shape index (κ3) is 2.75. The molecule has 1 aromatic rings. The maximum atomic E-state index is 5.80. The van der Waals surface area contributed by atoms with E-state index in [-0.39, 0.29) is 0 Å². The highest BCUT2D eigenvalue weighted by Gasteiger charge is 1.95. The summed E-state index contributed by atoms with van der Waals surface area (Å²) in [4.78, 5) is 4.30. The molecule has 0 aromatic carbocycles. The van der Waals surface area contributed by atoms with Gasteiger partial charge in [-0.2, -0.15) is 0 Å². The molecule has 0 atom stereocenters. The van der Waals surface area contributed by atoms with E-state index in [0.717, 1.165) is 11.4 Å². The fourth-order valence-corrected chi connectivity index (χ4v) is 0.989. The van der Waals surface area contributed by atoms with Crippen molar-refractivity contribution >= 4 is 5.70 Å². The monoisotopic (exact) mass is 174 g/mol. The first-order chi connectivity index (χ1) is 6.24. The second-order valence-corrected chi connectivity index (χ2v) is 2.81. The minimum atomic E-state index is 0.696. The summed E-state index contributed by atoms with van der Waals surface area (Å²) in [5, 5.41) is 0. The molecule has 0 fully saturated rings. The van der Waals surface area contributed by atoms with E-state index >= 15 is 0 Å². The van der Waals surface area contributed by atoms with Crippen LogP contribution in [0.25, 0.3) is 5.70 Å². The molecule has 0 unspecified atom stereocenters. The van der Waals surface area contributed by atoms with E-state index in [2.05, 4.69) is 4.98 Å². The van der Waals surface area contributed by atoms with Crippen LogP contribution in [0.2, 0.25) is 0 Å². The van der Waals surface area contributed by atoms with E-state index in [0.29, 0.717) is 5.70 Å². The number of nitrogens with zero attached hydrogens (tertiary/aromatic N) is 1. The summed E-state index contributed by atoms with van der Waals surface area (Å²) in [6.45, 7) is 3.90. The molecule has 2 heteroatoms. The van der Waals surface area contributed by atoms with Gasteiger partial charge in [0.15, 0.2) is 0 Å². The van der Waals surface area contributed by atoms with Gasteiger partial charge >= 0.3 is 0 Å². The summed E-state index contributed by atoms with van der Waals surface area (Å²) >= 11 is 0. The number of aromatic nitrogens is 1. The second kappa shape index (κ2) is 4.45. The summed E-state index contributed by atoms with van der Waals surface area (Å²) in [5.74, 6) is 0. The van der Waals surface area contributed by atoms with E-state index in [1.54, 1.807) is 0 Å². The third-order valence-electron chi connectivity index (χ3n) is 1.65. The maximum Gasteiger partial charge on any atom is 0.0862 e. The Bertz CT molecular complexity index is 338. The van der Waals surface area contributed by atoms with E-state index in [1.807, 2.05) is 50.3 Å². The molecular formula is C11H14N2. The summed E-state index contributed by atoms with van der Waals surface area (Å²) in [6, 6.07) is 5.81. The first-order valence-corrected chi connectivity index (χ1v) is 4.26. The van der Waals surface area contributed by atoms with Crippen LogP contribution < -0.4 is 5.73 Å². The lowest BCUT2D eigenvalue weighted by atomic mass is 10.2. The Hall–Kier alpha value is -1.57. The van der Waals surface area contributed by atoms with Crippen LogP contribution in [0.4, 0.5) is 0 Å². The molecule has 0 aliphatic rings. The minimum absolute atomic E-state index is 0.696. The Kier molecular flexibility index (Phi) is 3.26. The van der Waals surface area contributed by atoms with Crippen LogP contribution in [-0.2, 0) is 0 Å². The lowest BCUT2D eigenvalue weighted by Gasteiger charge is -1.99. The smallest absolute Gasteiger partial charge is 0.0862 e. The van der Waals surface area contributed by atoms with Crippen molar-refractivity contribution in [1.29, 1.82) is 0 Å². The van der Waals surface area contributed by atoms with Gasteiger partial charge in [-0.05, 0) is 32.1 Å². The molecular weight excluding hydrogens is 160 g/mol. The molecule has 0 saturated heterocycles. The van der Waals surface area contributed by atoms with Gasteiger partial charge < -0.3 is 5.73 Å². The quantitative estimate of drug-likeness (QED) is 0.698. The summed E-state index contributed by atoms with van der Waals surface area (Å²) in [7, 11) is 0.